The lowest BCUT2D eigenvalue weighted by molar-refractivity contribution is -0.171. The highest BCUT2D eigenvalue weighted by Crippen LogP contribution is 2.31. The van der Waals surface area contributed by atoms with Crippen molar-refractivity contribution in [1.29, 1.82) is 0 Å². The van der Waals surface area contributed by atoms with Crippen LogP contribution in [0.5, 0.6) is 0 Å². The lowest BCUT2D eigenvalue weighted by Gasteiger charge is -2.23. The van der Waals surface area contributed by atoms with Crippen LogP contribution in [-0.2, 0) is 41.8 Å². The molecule has 2 atom stereocenters. The van der Waals surface area contributed by atoms with Gasteiger partial charge in [0.2, 0.25) is 0 Å². The van der Waals surface area contributed by atoms with Gasteiger partial charge >= 0.3 is 17.9 Å². The Hall–Kier alpha value is -3.41. The van der Waals surface area contributed by atoms with Gasteiger partial charge in [-0.3, -0.25) is 14.4 Å². The smallest absolute Gasteiger partial charge is 0.321 e. The largest absolute Gasteiger partial charge is 0.468 e. The van der Waals surface area contributed by atoms with Gasteiger partial charge in [-0.1, -0.05) is 72.3 Å². The zero-order valence-corrected chi connectivity index (χ0v) is 18.2. The Balaban J connectivity index is 1.77. The number of allylic oxidation sites excluding steroid dienone is 2. The van der Waals surface area contributed by atoms with Gasteiger partial charge in [-0.15, -0.1) is 0 Å². The van der Waals surface area contributed by atoms with Crippen LogP contribution in [0.1, 0.15) is 36.8 Å². The molecule has 2 aromatic carbocycles. The van der Waals surface area contributed by atoms with Crippen molar-refractivity contribution >= 4 is 17.9 Å². The Kier molecular flexibility index (Phi) is 8.61. The third kappa shape index (κ3) is 6.54. The van der Waals surface area contributed by atoms with Crippen LogP contribution < -0.4 is 0 Å². The SMILES string of the molecule is COC(=O)[C@@H](C(=O)OCc1ccccc1)[C@@H](CC1=CCCC1)C(=O)OCc1ccccc1. The van der Waals surface area contributed by atoms with Crippen LogP contribution in [0.25, 0.3) is 0 Å². The predicted molar refractivity (Wildman–Crippen MR) is 118 cm³/mol. The number of carbonyl (C=O) groups is 3. The van der Waals surface area contributed by atoms with E-state index in [1.165, 1.54) is 7.11 Å². The maximum absolute atomic E-state index is 13.1. The molecule has 2 aromatic rings. The topological polar surface area (TPSA) is 78.9 Å². The maximum Gasteiger partial charge on any atom is 0.321 e. The molecular weight excluding hydrogens is 408 g/mol. The highest BCUT2D eigenvalue weighted by atomic mass is 16.6. The van der Waals surface area contributed by atoms with Crippen LogP contribution in [0.2, 0.25) is 0 Å². The van der Waals surface area contributed by atoms with Crippen LogP contribution >= 0.6 is 0 Å². The molecule has 0 aliphatic heterocycles. The molecule has 0 radical (unpaired) electrons. The molecule has 0 N–H and O–H groups in total. The standard InChI is InChI=1S/C26H28O6/c1-30-25(28)23(26(29)32-18-21-14-6-3-7-15-21)22(16-19-10-8-9-11-19)24(27)31-17-20-12-4-2-5-13-20/h2-7,10,12-15,22-23H,8-9,11,16-18H2,1H3/t22-,23+/m1/s1. The van der Waals surface area contributed by atoms with E-state index in [0.717, 1.165) is 36.0 Å². The van der Waals surface area contributed by atoms with Gasteiger partial charge < -0.3 is 14.2 Å². The lowest BCUT2D eigenvalue weighted by atomic mass is 9.86. The Morgan fingerprint density at radius 2 is 1.38 bits per heavy atom. The Morgan fingerprint density at radius 3 is 1.88 bits per heavy atom. The minimum atomic E-state index is -1.39. The van der Waals surface area contributed by atoms with Gasteiger partial charge in [-0.2, -0.15) is 0 Å². The molecule has 6 heteroatoms. The third-order valence-electron chi connectivity index (χ3n) is 5.48. The summed E-state index contributed by atoms with van der Waals surface area (Å²) in [6.07, 6.45) is 5.05. The van der Waals surface area contributed by atoms with Gasteiger partial charge in [0.15, 0.2) is 5.92 Å². The first-order valence-corrected chi connectivity index (χ1v) is 10.8. The molecule has 1 aliphatic rings. The van der Waals surface area contributed by atoms with E-state index >= 15 is 0 Å². The fraction of sp³-hybridized carbons (Fsp3) is 0.346. The minimum Gasteiger partial charge on any atom is -0.468 e. The summed E-state index contributed by atoms with van der Waals surface area (Å²) in [5, 5.41) is 0. The highest BCUT2D eigenvalue weighted by molar-refractivity contribution is 5.99. The van der Waals surface area contributed by atoms with E-state index < -0.39 is 29.7 Å². The number of ether oxygens (including phenoxy) is 3. The quantitative estimate of drug-likeness (QED) is 0.238. The summed E-state index contributed by atoms with van der Waals surface area (Å²) in [7, 11) is 1.20. The van der Waals surface area contributed by atoms with Gasteiger partial charge in [0.05, 0.1) is 13.0 Å². The van der Waals surface area contributed by atoms with Crippen LogP contribution in [0.15, 0.2) is 72.3 Å². The first-order valence-electron chi connectivity index (χ1n) is 10.8. The fourth-order valence-corrected chi connectivity index (χ4v) is 3.75. The van der Waals surface area contributed by atoms with Gasteiger partial charge in [0, 0.05) is 0 Å². The molecule has 0 heterocycles. The van der Waals surface area contributed by atoms with Crippen molar-refractivity contribution in [3.63, 3.8) is 0 Å². The number of methoxy groups -OCH3 is 1. The average molecular weight is 437 g/mol. The Bertz CT molecular complexity index is 935. The van der Waals surface area contributed by atoms with E-state index in [4.69, 9.17) is 14.2 Å². The van der Waals surface area contributed by atoms with Gasteiger partial charge in [0.1, 0.15) is 13.2 Å². The summed E-state index contributed by atoms with van der Waals surface area (Å²) < 4.78 is 15.8. The number of benzene rings is 2. The normalized spacial score (nSPS) is 14.7. The van der Waals surface area contributed by atoms with E-state index in [2.05, 4.69) is 6.08 Å². The monoisotopic (exact) mass is 436 g/mol. The highest BCUT2D eigenvalue weighted by Gasteiger charge is 2.43. The first kappa shape index (κ1) is 23.3. The summed E-state index contributed by atoms with van der Waals surface area (Å²) >= 11 is 0. The number of hydrogen-bond donors (Lipinski definition) is 0. The first-order chi connectivity index (χ1) is 15.6. The van der Waals surface area contributed by atoms with Crippen molar-refractivity contribution < 1.29 is 28.6 Å². The molecular formula is C26H28O6. The van der Waals surface area contributed by atoms with Crippen molar-refractivity contribution in [3.05, 3.63) is 83.4 Å². The third-order valence-corrected chi connectivity index (χ3v) is 5.48. The molecule has 1 aliphatic carbocycles. The Labute approximate surface area is 188 Å². The van der Waals surface area contributed by atoms with Crippen molar-refractivity contribution in [1.82, 2.24) is 0 Å². The summed E-state index contributed by atoms with van der Waals surface area (Å²) in [5.74, 6) is -4.62. The number of esters is 3. The van der Waals surface area contributed by atoms with E-state index in [1.54, 1.807) is 0 Å². The van der Waals surface area contributed by atoms with Gasteiger partial charge in [-0.05, 0) is 36.8 Å². The van der Waals surface area contributed by atoms with Gasteiger partial charge in [-0.25, -0.2) is 0 Å². The average Bonchev–Trinajstić information content (AvgIpc) is 3.35. The zero-order valence-electron chi connectivity index (χ0n) is 18.2. The molecule has 0 saturated heterocycles. The maximum atomic E-state index is 13.1. The van der Waals surface area contributed by atoms with E-state index in [9.17, 15) is 14.4 Å². The molecule has 3 rings (SSSR count). The molecule has 0 aromatic heterocycles. The van der Waals surface area contributed by atoms with Crippen LogP contribution in [0.4, 0.5) is 0 Å². The fourth-order valence-electron chi connectivity index (χ4n) is 3.75. The second kappa shape index (κ2) is 11.8. The summed E-state index contributed by atoms with van der Waals surface area (Å²) in [6.45, 7) is 0.0593. The molecule has 32 heavy (non-hydrogen) atoms. The second-order valence-electron chi connectivity index (χ2n) is 7.75. The van der Waals surface area contributed by atoms with Crippen molar-refractivity contribution in [2.45, 2.75) is 38.9 Å². The second-order valence-corrected chi connectivity index (χ2v) is 7.75. The summed E-state index contributed by atoms with van der Waals surface area (Å²) in [5.41, 5.74) is 2.64. The van der Waals surface area contributed by atoms with E-state index in [-0.39, 0.29) is 19.6 Å². The molecule has 0 unspecified atom stereocenters. The summed E-state index contributed by atoms with van der Waals surface area (Å²) in [6, 6.07) is 18.4. The minimum absolute atomic E-state index is 0.00163. The van der Waals surface area contributed by atoms with Crippen LogP contribution in [0, 0.1) is 11.8 Å². The number of hydrogen-bond acceptors (Lipinski definition) is 6. The number of carbonyl (C=O) groups excluding carboxylic acids is 3. The van der Waals surface area contributed by atoms with E-state index in [0.29, 0.717) is 0 Å². The molecule has 0 bridgehead atoms. The summed E-state index contributed by atoms with van der Waals surface area (Å²) in [4.78, 5) is 38.6. The van der Waals surface area contributed by atoms with Gasteiger partial charge in [0.25, 0.3) is 0 Å². The number of rotatable bonds is 10. The lowest BCUT2D eigenvalue weighted by Crippen LogP contribution is -2.39. The zero-order chi connectivity index (χ0) is 22.8. The molecule has 0 spiro atoms. The Morgan fingerprint density at radius 1 is 0.812 bits per heavy atom. The molecule has 0 fully saturated rings. The van der Waals surface area contributed by atoms with Crippen molar-refractivity contribution in [2.24, 2.45) is 11.8 Å². The van der Waals surface area contributed by atoms with Crippen LogP contribution in [-0.4, -0.2) is 25.0 Å². The molecule has 6 nitrogen and oxygen atoms in total. The predicted octanol–water partition coefficient (Wildman–Crippen LogP) is 4.38. The van der Waals surface area contributed by atoms with Crippen LogP contribution in [0.3, 0.4) is 0 Å². The molecule has 168 valence electrons. The van der Waals surface area contributed by atoms with Crippen molar-refractivity contribution in [3.8, 4) is 0 Å². The van der Waals surface area contributed by atoms with Crippen molar-refractivity contribution in [2.75, 3.05) is 7.11 Å². The van der Waals surface area contributed by atoms with E-state index in [1.807, 2.05) is 60.7 Å². The molecule has 0 saturated carbocycles. The molecule has 0 amide bonds.